The topological polar surface area (TPSA) is 58.6 Å². The molecule has 104 valence electrons. The molecule has 0 aliphatic carbocycles. The molecule has 0 unspecified atom stereocenters. The van der Waals surface area contributed by atoms with Crippen LogP contribution >= 0.6 is 11.6 Å². The van der Waals surface area contributed by atoms with E-state index in [-0.39, 0.29) is 18.3 Å². The molecule has 0 heterocycles. The van der Waals surface area contributed by atoms with Crippen molar-refractivity contribution in [1.29, 1.82) is 0 Å². The summed E-state index contributed by atoms with van der Waals surface area (Å²) in [7, 11) is 0. The van der Waals surface area contributed by atoms with Crippen molar-refractivity contribution >= 4 is 23.2 Å². The summed E-state index contributed by atoms with van der Waals surface area (Å²) in [6.45, 7) is 1.71. The molecule has 0 spiro atoms. The zero-order chi connectivity index (χ0) is 14.5. The number of halogens is 1. The average molecular weight is 292 g/mol. The van der Waals surface area contributed by atoms with E-state index in [9.17, 15) is 9.90 Å². The summed E-state index contributed by atoms with van der Waals surface area (Å²) in [4.78, 5) is 11.7. The number of aryl methyl sites for hydroxylation is 1. The van der Waals surface area contributed by atoms with Crippen LogP contribution in [-0.2, 0) is 4.79 Å². The Morgan fingerprint density at radius 1 is 1.30 bits per heavy atom. The molecule has 0 atom stereocenters. The van der Waals surface area contributed by atoms with Crippen LogP contribution in [0.2, 0.25) is 5.02 Å². The summed E-state index contributed by atoms with van der Waals surface area (Å²) in [5.74, 6) is 0.238. The van der Waals surface area contributed by atoms with Crippen molar-refractivity contribution in [3.63, 3.8) is 0 Å². The van der Waals surface area contributed by atoms with Gasteiger partial charge in [0.25, 0.3) is 5.91 Å². The van der Waals surface area contributed by atoms with Crippen LogP contribution in [0.25, 0.3) is 0 Å². The number of amides is 1. The van der Waals surface area contributed by atoms with Crippen molar-refractivity contribution in [2.24, 2.45) is 0 Å². The summed E-state index contributed by atoms with van der Waals surface area (Å²) >= 11 is 5.91. The molecule has 1 amide bonds. The van der Waals surface area contributed by atoms with Gasteiger partial charge in [0, 0.05) is 5.02 Å². The lowest BCUT2D eigenvalue weighted by Gasteiger charge is -2.09. The second-order valence-electron chi connectivity index (χ2n) is 4.26. The number of benzene rings is 2. The number of hydrogen-bond acceptors (Lipinski definition) is 3. The number of carbonyl (C=O) groups is 1. The Morgan fingerprint density at radius 2 is 2.05 bits per heavy atom. The summed E-state index contributed by atoms with van der Waals surface area (Å²) in [6, 6.07) is 11.7. The molecule has 0 fully saturated rings. The lowest BCUT2D eigenvalue weighted by atomic mass is 10.2. The van der Waals surface area contributed by atoms with Crippen LogP contribution in [-0.4, -0.2) is 17.6 Å². The third-order valence-corrected chi connectivity index (χ3v) is 3.10. The summed E-state index contributed by atoms with van der Waals surface area (Å²) < 4.78 is 5.36. The molecule has 2 rings (SSSR count). The van der Waals surface area contributed by atoms with E-state index >= 15 is 0 Å². The third-order valence-electron chi connectivity index (χ3n) is 2.68. The van der Waals surface area contributed by atoms with Crippen LogP contribution < -0.4 is 10.1 Å². The van der Waals surface area contributed by atoms with Crippen LogP contribution in [0.4, 0.5) is 5.69 Å². The molecule has 2 aromatic rings. The van der Waals surface area contributed by atoms with E-state index in [1.807, 2.05) is 6.92 Å². The second kappa shape index (κ2) is 6.30. The van der Waals surface area contributed by atoms with Gasteiger partial charge in [0.1, 0.15) is 11.5 Å². The number of phenols is 1. The van der Waals surface area contributed by atoms with Gasteiger partial charge >= 0.3 is 0 Å². The van der Waals surface area contributed by atoms with Crippen molar-refractivity contribution in [3.8, 4) is 11.5 Å². The van der Waals surface area contributed by atoms with E-state index in [0.29, 0.717) is 16.5 Å². The van der Waals surface area contributed by atoms with Crippen molar-refractivity contribution in [3.05, 3.63) is 53.1 Å². The van der Waals surface area contributed by atoms with Crippen molar-refractivity contribution in [1.82, 2.24) is 0 Å². The van der Waals surface area contributed by atoms with Crippen molar-refractivity contribution < 1.29 is 14.6 Å². The number of phenolic OH excluding ortho intramolecular Hbond substituents is 1. The van der Waals surface area contributed by atoms with Crippen molar-refractivity contribution in [2.45, 2.75) is 6.92 Å². The van der Waals surface area contributed by atoms with Gasteiger partial charge < -0.3 is 15.2 Å². The lowest BCUT2D eigenvalue weighted by molar-refractivity contribution is -0.118. The molecule has 0 saturated heterocycles. The third kappa shape index (κ3) is 3.65. The van der Waals surface area contributed by atoms with Crippen LogP contribution in [0.15, 0.2) is 42.5 Å². The molecular weight excluding hydrogens is 278 g/mol. The van der Waals surface area contributed by atoms with Crippen LogP contribution in [0.3, 0.4) is 0 Å². The van der Waals surface area contributed by atoms with E-state index in [2.05, 4.69) is 5.32 Å². The number of hydrogen-bond donors (Lipinski definition) is 2. The fourth-order valence-corrected chi connectivity index (χ4v) is 1.74. The first kappa shape index (κ1) is 14.2. The normalized spacial score (nSPS) is 10.1. The Morgan fingerprint density at radius 3 is 2.75 bits per heavy atom. The molecule has 0 radical (unpaired) electrons. The van der Waals surface area contributed by atoms with Gasteiger partial charge in [-0.1, -0.05) is 23.7 Å². The predicted octanol–water partition coefficient (Wildman–Crippen LogP) is 3.37. The Balaban J connectivity index is 1.92. The highest BCUT2D eigenvalue weighted by molar-refractivity contribution is 6.31. The molecule has 5 heteroatoms. The van der Waals surface area contributed by atoms with Gasteiger partial charge in [-0.3, -0.25) is 4.79 Å². The molecule has 4 nitrogen and oxygen atoms in total. The van der Waals surface area contributed by atoms with Gasteiger partial charge in [-0.15, -0.1) is 0 Å². The molecule has 0 aliphatic heterocycles. The largest absolute Gasteiger partial charge is 0.506 e. The Labute approximate surface area is 122 Å². The van der Waals surface area contributed by atoms with Crippen LogP contribution in [0.5, 0.6) is 11.5 Å². The van der Waals surface area contributed by atoms with Gasteiger partial charge in [-0.2, -0.15) is 0 Å². The molecule has 0 saturated carbocycles. The SMILES string of the molecule is Cc1cc(OCC(=O)Nc2ccccc2O)ccc1Cl. The molecule has 0 aliphatic rings. The quantitative estimate of drug-likeness (QED) is 0.849. The number of rotatable bonds is 4. The molecule has 20 heavy (non-hydrogen) atoms. The van der Waals surface area contributed by atoms with Gasteiger partial charge in [-0.25, -0.2) is 0 Å². The summed E-state index contributed by atoms with van der Waals surface area (Å²) in [5, 5.41) is 12.8. The lowest BCUT2D eigenvalue weighted by Crippen LogP contribution is -2.20. The van der Waals surface area contributed by atoms with Gasteiger partial charge in [0.2, 0.25) is 0 Å². The zero-order valence-corrected chi connectivity index (χ0v) is 11.6. The minimum atomic E-state index is -0.348. The first-order chi connectivity index (χ1) is 9.56. The zero-order valence-electron chi connectivity index (χ0n) is 10.9. The number of aromatic hydroxyl groups is 1. The molecule has 2 N–H and O–H groups in total. The highest BCUT2D eigenvalue weighted by Crippen LogP contribution is 2.22. The fourth-order valence-electron chi connectivity index (χ4n) is 1.62. The van der Waals surface area contributed by atoms with Crippen LogP contribution in [0, 0.1) is 6.92 Å². The second-order valence-corrected chi connectivity index (χ2v) is 4.67. The van der Waals surface area contributed by atoms with E-state index in [4.69, 9.17) is 16.3 Å². The number of nitrogens with one attached hydrogen (secondary N) is 1. The van der Waals surface area contributed by atoms with E-state index in [1.165, 1.54) is 6.07 Å². The van der Waals surface area contributed by atoms with Crippen molar-refractivity contribution in [2.75, 3.05) is 11.9 Å². The number of anilines is 1. The molecule has 0 bridgehead atoms. The van der Waals surface area contributed by atoms with Gasteiger partial charge in [0.15, 0.2) is 6.61 Å². The molecule has 0 aromatic heterocycles. The highest BCUT2D eigenvalue weighted by atomic mass is 35.5. The van der Waals surface area contributed by atoms with E-state index in [1.54, 1.807) is 36.4 Å². The Kier molecular flexibility index (Phi) is 4.48. The van der Waals surface area contributed by atoms with Gasteiger partial charge in [0.05, 0.1) is 5.69 Å². The van der Waals surface area contributed by atoms with E-state index in [0.717, 1.165) is 5.56 Å². The maximum Gasteiger partial charge on any atom is 0.262 e. The minimum absolute atomic E-state index is 0.0168. The van der Waals surface area contributed by atoms with E-state index < -0.39 is 0 Å². The monoisotopic (exact) mass is 291 g/mol. The minimum Gasteiger partial charge on any atom is -0.506 e. The maximum atomic E-state index is 11.7. The number of para-hydroxylation sites is 2. The highest BCUT2D eigenvalue weighted by Gasteiger charge is 2.07. The first-order valence-electron chi connectivity index (χ1n) is 6.03. The fraction of sp³-hybridized carbons (Fsp3) is 0.133. The first-order valence-corrected chi connectivity index (χ1v) is 6.41. The Hall–Kier alpha value is -2.20. The predicted molar refractivity (Wildman–Crippen MR) is 78.4 cm³/mol. The number of ether oxygens (including phenoxy) is 1. The molecule has 2 aromatic carbocycles. The van der Waals surface area contributed by atoms with Gasteiger partial charge in [-0.05, 0) is 42.8 Å². The average Bonchev–Trinajstić information content (AvgIpc) is 2.43. The Bertz CT molecular complexity index is 628. The number of carbonyl (C=O) groups excluding carboxylic acids is 1. The molecular formula is C15H14ClNO3. The summed E-state index contributed by atoms with van der Waals surface area (Å²) in [5.41, 5.74) is 1.23. The smallest absolute Gasteiger partial charge is 0.262 e. The standard InChI is InChI=1S/C15H14ClNO3/c1-10-8-11(6-7-12(10)16)20-9-15(19)17-13-4-2-3-5-14(13)18/h2-8,18H,9H2,1H3,(H,17,19). The maximum absolute atomic E-state index is 11.7. The summed E-state index contributed by atoms with van der Waals surface area (Å²) in [6.07, 6.45) is 0. The van der Waals surface area contributed by atoms with Crippen LogP contribution in [0.1, 0.15) is 5.56 Å².